The summed E-state index contributed by atoms with van der Waals surface area (Å²) in [5.41, 5.74) is 15.3. The molecule has 0 amide bonds. The Morgan fingerprint density at radius 3 is 1.59 bits per heavy atom. The van der Waals surface area contributed by atoms with Gasteiger partial charge in [-0.15, -0.1) is 0 Å². The van der Waals surface area contributed by atoms with Gasteiger partial charge >= 0.3 is 0 Å². The Kier molecular flexibility index (Phi) is 8.79. The van der Waals surface area contributed by atoms with Crippen LogP contribution in [0.2, 0.25) is 0 Å². The van der Waals surface area contributed by atoms with Gasteiger partial charge in [0.25, 0.3) is 0 Å². The lowest BCUT2D eigenvalue weighted by Gasteiger charge is -2.15. The van der Waals surface area contributed by atoms with Crippen LogP contribution in [0, 0.1) is 0 Å². The maximum atomic E-state index is 6.57. The molecular weight excluding hydrogens is 843 g/mol. The molecule has 14 rings (SSSR count). The molecule has 0 aliphatic rings. The van der Waals surface area contributed by atoms with E-state index in [1.807, 2.05) is 54.6 Å². The van der Waals surface area contributed by atoms with Crippen LogP contribution in [0.4, 0.5) is 0 Å². The number of benzene rings is 10. The zero-order chi connectivity index (χ0) is 45.4. The fraction of sp³-hybridized carbons (Fsp3) is 0. The zero-order valence-corrected chi connectivity index (χ0v) is 37.2. The number of fused-ring (bicyclic) bond motifs is 9. The molecule has 322 valence electrons. The molecule has 4 heterocycles. The first-order chi connectivity index (χ1) is 34.2. The predicted octanol–water partition coefficient (Wildman–Crippen LogP) is 16.3. The standard InChI is InChI=1S/C63H39N5O/c1-4-19-40(20-5-1)42-37-38-49-56(39-42)68(55-35-18-29-46(59(49)55)45-28-17-34-54-58(45)48-26-10-13-32-52(48)67(54)43-23-8-3-9-24-43)53-33-14-11-27-50(53)62-64-61(41-21-6-2-7-22-41)65-63(66-62)51-31-16-30-47-44-25-12-15-36-57(44)69-60(47)51/h1-39H. The van der Waals surface area contributed by atoms with Gasteiger partial charge in [0, 0.05) is 49.1 Å². The highest BCUT2D eigenvalue weighted by Crippen LogP contribution is 2.46. The summed E-state index contributed by atoms with van der Waals surface area (Å²) in [4.78, 5) is 15.9. The molecule has 4 aromatic heterocycles. The summed E-state index contributed by atoms with van der Waals surface area (Å²) in [7, 11) is 0. The second-order valence-electron chi connectivity index (χ2n) is 17.5. The van der Waals surface area contributed by atoms with Gasteiger partial charge in [-0.25, -0.2) is 15.0 Å². The van der Waals surface area contributed by atoms with E-state index in [-0.39, 0.29) is 0 Å². The lowest BCUT2D eigenvalue weighted by atomic mass is 9.95. The molecule has 0 bridgehead atoms. The predicted molar refractivity (Wildman–Crippen MR) is 283 cm³/mol. The van der Waals surface area contributed by atoms with E-state index in [4.69, 9.17) is 19.4 Å². The SMILES string of the molecule is c1ccc(-c2ccc3c4c(-c5cccc6c5c5ccccc5n6-c5ccccc5)cccc4n(-c4ccccc4-c4nc(-c5ccccc5)nc(-c5cccc6c5oc5ccccc56)n4)c3c2)cc1. The summed E-state index contributed by atoms with van der Waals surface area (Å²) in [6.07, 6.45) is 0. The highest BCUT2D eigenvalue weighted by atomic mass is 16.3. The summed E-state index contributed by atoms with van der Waals surface area (Å²) in [6, 6.07) is 83.4. The normalized spacial score (nSPS) is 11.8. The Bertz CT molecular complexity index is 4300. The molecule has 0 N–H and O–H groups in total. The molecule has 0 atom stereocenters. The first kappa shape index (κ1) is 38.8. The minimum atomic E-state index is 0.539. The quantitative estimate of drug-likeness (QED) is 0.160. The lowest BCUT2D eigenvalue weighted by Crippen LogP contribution is -2.03. The largest absolute Gasteiger partial charge is 0.455 e. The van der Waals surface area contributed by atoms with E-state index in [2.05, 4.69) is 191 Å². The van der Waals surface area contributed by atoms with Crippen molar-refractivity contribution in [2.24, 2.45) is 0 Å². The topological polar surface area (TPSA) is 61.7 Å². The minimum absolute atomic E-state index is 0.539. The smallest absolute Gasteiger partial charge is 0.167 e. The number of hydrogen-bond donors (Lipinski definition) is 0. The van der Waals surface area contributed by atoms with E-state index in [0.29, 0.717) is 17.5 Å². The van der Waals surface area contributed by atoms with Gasteiger partial charge in [0.2, 0.25) is 0 Å². The third-order valence-electron chi connectivity index (χ3n) is 13.6. The van der Waals surface area contributed by atoms with Crippen molar-refractivity contribution >= 4 is 65.6 Å². The molecule has 0 aliphatic heterocycles. The van der Waals surface area contributed by atoms with E-state index in [1.54, 1.807) is 0 Å². The Labute approximate surface area is 396 Å². The number of rotatable bonds is 7. The van der Waals surface area contributed by atoms with Crippen molar-refractivity contribution in [3.8, 4) is 67.8 Å². The van der Waals surface area contributed by atoms with Crippen LogP contribution in [0.25, 0.3) is 133 Å². The van der Waals surface area contributed by atoms with Crippen LogP contribution in [0.15, 0.2) is 241 Å². The van der Waals surface area contributed by atoms with Gasteiger partial charge in [0.15, 0.2) is 17.5 Å². The molecule has 0 aliphatic carbocycles. The summed E-state index contributed by atoms with van der Waals surface area (Å²) in [5, 5.41) is 6.82. The molecule has 0 saturated carbocycles. The molecule has 0 saturated heterocycles. The number of aromatic nitrogens is 5. The van der Waals surface area contributed by atoms with Crippen molar-refractivity contribution in [3.05, 3.63) is 237 Å². The van der Waals surface area contributed by atoms with Gasteiger partial charge in [0.05, 0.1) is 33.3 Å². The highest BCUT2D eigenvalue weighted by molar-refractivity contribution is 6.22. The van der Waals surface area contributed by atoms with Crippen LogP contribution < -0.4 is 0 Å². The van der Waals surface area contributed by atoms with Crippen LogP contribution in [0.5, 0.6) is 0 Å². The van der Waals surface area contributed by atoms with Crippen molar-refractivity contribution in [1.29, 1.82) is 0 Å². The maximum absolute atomic E-state index is 6.57. The molecule has 0 spiro atoms. The van der Waals surface area contributed by atoms with E-state index in [9.17, 15) is 0 Å². The van der Waals surface area contributed by atoms with Crippen LogP contribution in [-0.2, 0) is 0 Å². The number of hydrogen-bond acceptors (Lipinski definition) is 4. The van der Waals surface area contributed by atoms with Gasteiger partial charge in [0.1, 0.15) is 11.2 Å². The molecule has 69 heavy (non-hydrogen) atoms. The van der Waals surface area contributed by atoms with Gasteiger partial charge in [-0.1, -0.05) is 176 Å². The molecule has 14 aromatic rings. The third-order valence-corrected chi connectivity index (χ3v) is 13.6. The first-order valence-corrected chi connectivity index (χ1v) is 23.3. The van der Waals surface area contributed by atoms with Crippen molar-refractivity contribution in [2.45, 2.75) is 0 Å². The van der Waals surface area contributed by atoms with E-state index in [1.165, 1.54) is 27.2 Å². The van der Waals surface area contributed by atoms with Gasteiger partial charge in [-0.05, 0) is 82.9 Å². The van der Waals surface area contributed by atoms with Gasteiger partial charge < -0.3 is 13.6 Å². The second kappa shape index (κ2) is 15.6. The Morgan fingerprint density at radius 1 is 0.304 bits per heavy atom. The molecule has 6 heteroatoms. The zero-order valence-electron chi connectivity index (χ0n) is 37.2. The van der Waals surface area contributed by atoms with Gasteiger partial charge in [-0.3, -0.25) is 0 Å². The summed E-state index contributed by atoms with van der Waals surface area (Å²) < 4.78 is 11.4. The average Bonchev–Trinajstić information content (AvgIpc) is 4.09. The lowest BCUT2D eigenvalue weighted by molar-refractivity contribution is 0.669. The van der Waals surface area contributed by atoms with E-state index in [0.717, 1.165) is 88.6 Å². The van der Waals surface area contributed by atoms with Crippen molar-refractivity contribution < 1.29 is 4.42 Å². The Morgan fingerprint density at radius 2 is 0.826 bits per heavy atom. The van der Waals surface area contributed by atoms with Crippen molar-refractivity contribution in [2.75, 3.05) is 0 Å². The summed E-state index contributed by atoms with van der Waals surface area (Å²) >= 11 is 0. The number of furan rings is 1. The Hall–Kier alpha value is -9.39. The van der Waals surface area contributed by atoms with Crippen LogP contribution >= 0.6 is 0 Å². The summed E-state index contributed by atoms with van der Waals surface area (Å²) in [5.74, 6) is 1.68. The molecule has 6 nitrogen and oxygen atoms in total. The van der Waals surface area contributed by atoms with Crippen LogP contribution in [-0.4, -0.2) is 24.1 Å². The van der Waals surface area contributed by atoms with Crippen LogP contribution in [0.1, 0.15) is 0 Å². The monoisotopic (exact) mass is 881 g/mol. The van der Waals surface area contributed by atoms with E-state index < -0.39 is 0 Å². The van der Waals surface area contributed by atoms with Crippen molar-refractivity contribution in [3.63, 3.8) is 0 Å². The van der Waals surface area contributed by atoms with E-state index >= 15 is 0 Å². The summed E-state index contributed by atoms with van der Waals surface area (Å²) in [6.45, 7) is 0. The number of para-hydroxylation sites is 5. The van der Waals surface area contributed by atoms with Crippen LogP contribution in [0.3, 0.4) is 0 Å². The molecule has 10 aromatic carbocycles. The maximum Gasteiger partial charge on any atom is 0.167 e. The third kappa shape index (κ3) is 6.16. The fourth-order valence-electron chi connectivity index (χ4n) is 10.6. The average molecular weight is 882 g/mol. The second-order valence-corrected chi connectivity index (χ2v) is 17.5. The molecule has 0 fully saturated rings. The fourth-order valence-corrected chi connectivity index (χ4v) is 10.6. The molecule has 0 radical (unpaired) electrons. The van der Waals surface area contributed by atoms with Gasteiger partial charge in [-0.2, -0.15) is 0 Å². The highest BCUT2D eigenvalue weighted by Gasteiger charge is 2.24. The number of nitrogens with zero attached hydrogens (tertiary/aromatic N) is 5. The first-order valence-electron chi connectivity index (χ1n) is 23.3. The Balaban J connectivity index is 1.05. The molecule has 0 unspecified atom stereocenters. The minimum Gasteiger partial charge on any atom is -0.455 e. The molecular formula is C63H39N5O. The van der Waals surface area contributed by atoms with Crippen molar-refractivity contribution in [1.82, 2.24) is 24.1 Å².